The molecule has 1 aliphatic heterocycles. The zero-order valence-electron chi connectivity index (χ0n) is 7.50. The third kappa shape index (κ3) is 1.27. The smallest absolute Gasteiger partial charge is 0.330 e. The van der Waals surface area contributed by atoms with Crippen molar-refractivity contribution in [1.29, 1.82) is 0 Å². The number of hydrogen-bond donors (Lipinski definition) is 0. The molecule has 0 N–H and O–H groups in total. The third-order valence-corrected chi connectivity index (χ3v) is 2.29. The quantitative estimate of drug-likeness (QED) is 0.565. The van der Waals surface area contributed by atoms with Gasteiger partial charge in [0.2, 0.25) is 0 Å². The van der Waals surface area contributed by atoms with Crippen LogP contribution in [0, 0.1) is 0 Å². The first-order valence-corrected chi connectivity index (χ1v) is 4.35. The van der Waals surface area contributed by atoms with Crippen LogP contribution in [0.15, 0.2) is 18.2 Å². The maximum absolute atomic E-state index is 5.22. The van der Waals surface area contributed by atoms with Crippen LogP contribution in [0.4, 0.5) is 0 Å². The first-order valence-electron chi connectivity index (χ1n) is 4.35. The molecule has 0 saturated carbocycles. The molecule has 0 aromatic heterocycles. The normalized spacial score (nSPS) is 14.6. The molecule has 0 saturated heterocycles. The molecule has 12 heavy (non-hydrogen) atoms. The van der Waals surface area contributed by atoms with Crippen molar-refractivity contribution in [2.75, 3.05) is 0 Å². The van der Waals surface area contributed by atoms with Crippen molar-refractivity contribution in [1.82, 2.24) is 0 Å². The number of hydrogen-bond acceptors (Lipinski definition) is 1. The molecule has 1 aromatic rings. The van der Waals surface area contributed by atoms with Crippen molar-refractivity contribution in [3.63, 3.8) is 0 Å². The Morgan fingerprint density at radius 2 is 2.25 bits per heavy atom. The van der Waals surface area contributed by atoms with Crippen LogP contribution in [0.1, 0.15) is 30.9 Å². The summed E-state index contributed by atoms with van der Waals surface area (Å²) in [4.78, 5) is 0. The lowest BCUT2D eigenvalue weighted by Gasteiger charge is -2.06. The highest BCUT2D eigenvalue weighted by atomic mass is 16.4. The Labute approximate surface area is 74.0 Å². The van der Waals surface area contributed by atoms with Gasteiger partial charge in [0.15, 0.2) is 0 Å². The standard InChI is InChI=1S/C10H12BO/c1-7(2)8-3-4-9-6-12-11-10(9)5-8/h3-5,7H,6H2,1-2H3. The molecular formula is C10H12BO. The highest BCUT2D eigenvalue weighted by Crippen LogP contribution is 2.15. The monoisotopic (exact) mass is 159 g/mol. The lowest BCUT2D eigenvalue weighted by molar-refractivity contribution is 0.345. The molecular weight excluding hydrogens is 147 g/mol. The summed E-state index contributed by atoms with van der Waals surface area (Å²) in [5.74, 6) is 0.601. The molecule has 0 bridgehead atoms. The van der Waals surface area contributed by atoms with Crippen molar-refractivity contribution in [2.45, 2.75) is 26.4 Å². The Balaban J connectivity index is 2.39. The molecule has 2 rings (SSSR count). The van der Waals surface area contributed by atoms with Gasteiger partial charge < -0.3 is 4.65 Å². The highest BCUT2D eigenvalue weighted by Gasteiger charge is 2.13. The maximum Gasteiger partial charge on any atom is 0.330 e. The summed E-state index contributed by atoms with van der Waals surface area (Å²) >= 11 is 0. The Hall–Kier alpha value is -0.755. The third-order valence-electron chi connectivity index (χ3n) is 2.29. The second-order valence-electron chi connectivity index (χ2n) is 3.54. The predicted octanol–water partition coefficient (Wildman–Crippen LogP) is 1.58. The minimum absolute atomic E-state index is 0.601. The molecule has 0 spiro atoms. The van der Waals surface area contributed by atoms with Crippen molar-refractivity contribution in [2.24, 2.45) is 0 Å². The minimum Gasteiger partial charge on any atom is -0.430 e. The van der Waals surface area contributed by atoms with Gasteiger partial charge in [0.05, 0.1) is 6.61 Å². The Bertz CT molecular complexity index is 294. The van der Waals surface area contributed by atoms with Crippen LogP contribution in [0.5, 0.6) is 0 Å². The summed E-state index contributed by atoms with van der Waals surface area (Å²) < 4.78 is 5.22. The van der Waals surface area contributed by atoms with Gasteiger partial charge in [0.25, 0.3) is 0 Å². The zero-order chi connectivity index (χ0) is 8.55. The topological polar surface area (TPSA) is 9.23 Å². The Morgan fingerprint density at radius 1 is 1.42 bits per heavy atom. The number of fused-ring (bicyclic) bond motifs is 1. The molecule has 0 amide bonds. The van der Waals surface area contributed by atoms with E-state index < -0.39 is 0 Å². The van der Waals surface area contributed by atoms with Gasteiger partial charge in [-0.15, -0.1) is 0 Å². The van der Waals surface area contributed by atoms with Gasteiger partial charge in [-0.2, -0.15) is 0 Å². The van der Waals surface area contributed by atoms with E-state index in [0.717, 1.165) is 6.61 Å². The molecule has 0 aliphatic carbocycles. The summed E-state index contributed by atoms with van der Waals surface area (Å²) in [7, 11) is 1.85. The molecule has 1 aromatic carbocycles. The van der Waals surface area contributed by atoms with E-state index in [2.05, 4.69) is 32.0 Å². The first-order chi connectivity index (χ1) is 5.77. The summed E-state index contributed by atoms with van der Waals surface area (Å²) in [6.07, 6.45) is 0. The molecule has 0 atom stereocenters. The van der Waals surface area contributed by atoms with Gasteiger partial charge in [0.1, 0.15) is 0 Å². The second kappa shape index (κ2) is 2.94. The molecule has 2 heteroatoms. The fourth-order valence-electron chi connectivity index (χ4n) is 1.43. The number of rotatable bonds is 1. The van der Waals surface area contributed by atoms with Crippen LogP contribution in [0.2, 0.25) is 0 Å². The highest BCUT2D eigenvalue weighted by molar-refractivity contribution is 6.48. The van der Waals surface area contributed by atoms with Gasteiger partial charge >= 0.3 is 7.48 Å². The van der Waals surface area contributed by atoms with Crippen molar-refractivity contribution < 1.29 is 4.65 Å². The maximum atomic E-state index is 5.22. The van der Waals surface area contributed by atoms with Gasteiger partial charge in [-0.25, -0.2) is 0 Å². The van der Waals surface area contributed by atoms with Crippen LogP contribution >= 0.6 is 0 Å². The van der Waals surface area contributed by atoms with Crippen LogP contribution < -0.4 is 5.46 Å². The van der Waals surface area contributed by atoms with Crippen molar-refractivity contribution in [3.05, 3.63) is 29.3 Å². The largest absolute Gasteiger partial charge is 0.430 e. The summed E-state index contributed by atoms with van der Waals surface area (Å²) in [5, 5.41) is 0. The van der Waals surface area contributed by atoms with Crippen LogP contribution in [0.3, 0.4) is 0 Å². The lowest BCUT2D eigenvalue weighted by Crippen LogP contribution is -2.12. The summed E-state index contributed by atoms with van der Waals surface area (Å²) in [5.41, 5.74) is 3.94. The van der Waals surface area contributed by atoms with E-state index >= 15 is 0 Å². The van der Waals surface area contributed by atoms with E-state index in [1.807, 2.05) is 7.48 Å². The second-order valence-corrected chi connectivity index (χ2v) is 3.54. The molecule has 0 unspecified atom stereocenters. The minimum atomic E-state index is 0.601. The fourth-order valence-corrected chi connectivity index (χ4v) is 1.43. The van der Waals surface area contributed by atoms with E-state index in [1.165, 1.54) is 16.6 Å². The van der Waals surface area contributed by atoms with E-state index in [4.69, 9.17) is 4.65 Å². The van der Waals surface area contributed by atoms with Crippen LogP contribution in [-0.4, -0.2) is 7.48 Å². The van der Waals surface area contributed by atoms with E-state index in [9.17, 15) is 0 Å². The average molecular weight is 159 g/mol. The molecule has 61 valence electrons. The fraction of sp³-hybridized carbons (Fsp3) is 0.400. The van der Waals surface area contributed by atoms with Gasteiger partial charge in [-0.1, -0.05) is 32.0 Å². The predicted molar refractivity (Wildman–Crippen MR) is 50.7 cm³/mol. The summed E-state index contributed by atoms with van der Waals surface area (Å²) in [6.45, 7) is 5.16. The Morgan fingerprint density at radius 3 is 3.00 bits per heavy atom. The van der Waals surface area contributed by atoms with E-state index in [0.29, 0.717) is 5.92 Å². The van der Waals surface area contributed by atoms with Crippen LogP contribution in [0.25, 0.3) is 0 Å². The van der Waals surface area contributed by atoms with Crippen LogP contribution in [-0.2, 0) is 11.3 Å². The van der Waals surface area contributed by atoms with E-state index in [1.54, 1.807) is 0 Å². The molecule has 0 fully saturated rings. The van der Waals surface area contributed by atoms with Crippen molar-refractivity contribution >= 4 is 12.9 Å². The average Bonchev–Trinajstić information content (AvgIpc) is 2.49. The first kappa shape index (κ1) is 7.87. The van der Waals surface area contributed by atoms with E-state index in [-0.39, 0.29) is 0 Å². The van der Waals surface area contributed by atoms with Gasteiger partial charge in [-0.05, 0) is 22.5 Å². The lowest BCUT2D eigenvalue weighted by atomic mass is 9.84. The number of benzene rings is 1. The van der Waals surface area contributed by atoms with Gasteiger partial charge in [0, 0.05) is 0 Å². The molecule has 1 nitrogen and oxygen atoms in total. The Kier molecular flexibility index (Phi) is 1.93. The molecule has 1 heterocycles. The molecule has 1 radical (unpaired) electrons. The van der Waals surface area contributed by atoms with Gasteiger partial charge in [-0.3, -0.25) is 0 Å². The zero-order valence-corrected chi connectivity index (χ0v) is 7.50. The van der Waals surface area contributed by atoms with Crippen molar-refractivity contribution in [3.8, 4) is 0 Å². The SMILES string of the molecule is CC(C)c1ccc2c(c1)[B]OC2. The molecule has 1 aliphatic rings. The summed E-state index contributed by atoms with van der Waals surface area (Å²) in [6, 6.07) is 6.56.